The van der Waals surface area contributed by atoms with Gasteiger partial charge in [-0.25, -0.2) is 15.0 Å². The molecule has 63 heavy (non-hydrogen) atoms. The molecule has 0 fully saturated rings. The minimum absolute atomic E-state index is 0.635. The highest BCUT2D eigenvalue weighted by molar-refractivity contribution is 7.23. The highest BCUT2D eigenvalue weighted by atomic mass is 28.3. The Balaban J connectivity index is 1.09. The number of aromatic nitrogens is 3. The largest absolute Gasteiger partial charge is 0.208 e. The minimum Gasteiger partial charge on any atom is -0.208 e. The van der Waals surface area contributed by atoms with Gasteiger partial charge >= 0.3 is 0 Å². The van der Waals surface area contributed by atoms with Crippen LogP contribution in [0, 0.1) is 0 Å². The molecule has 10 aromatic carbocycles. The third-order valence-electron chi connectivity index (χ3n) is 12.8. The van der Waals surface area contributed by atoms with Gasteiger partial charge in [0.05, 0.1) is 0 Å². The van der Waals surface area contributed by atoms with E-state index < -0.39 is 8.07 Å². The van der Waals surface area contributed by atoms with Gasteiger partial charge in [0, 0.05) is 16.7 Å². The summed E-state index contributed by atoms with van der Waals surface area (Å²) in [6.07, 6.45) is 0. The van der Waals surface area contributed by atoms with Crippen molar-refractivity contribution in [3.8, 4) is 67.5 Å². The van der Waals surface area contributed by atoms with E-state index in [1.54, 1.807) is 0 Å². The maximum Gasteiger partial charge on any atom is 0.182 e. The van der Waals surface area contributed by atoms with Crippen molar-refractivity contribution in [1.29, 1.82) is 0 Å². The number of fused-ring (bicyclic) bond motifs is 5. The summed E-state index contributed by atoms with van der Waals surface area (Å²) in [4.78, 5) is 15.6. The lowest BCUT2D eigenvalue weighted by Crippen LogP contribution is -2.73. The Morgan fingerprint density at radius 3 is 1.30 bits per heavy atom. The Morgan fingerprint density at radius 1 is 0.238 bits per heavy atom. The van der Waals surface area contributed by atoms with Crippen LogP contribution < -0.4 is 20.7 Å². The van der Waals surface area contributed by atoms with Crippen LogP contribution in [0.3, 0.4) is 0 Å². The van der Waals surface area contributed by atoms with Crippen molar-refractivity contribution in [1.82, 2.24) is 15.0 Å². The molecule has 0 unspecified atom stereocenters. The fourth-order valence-corrected chi connectivity index (χ4v) is 15.7. The van der Waals surface area contributed by atoms with Gasteiger partial charge in [0.15, 0.2) is 25.5 Å². The van der Waals surface area contributed by atoms with Crippen LogP contribution in [0.15, 0.2) is 237 Å². The second-order valence-electron chi connectivity index (χ2n) is 16.3. The molecule has 0 spiro atoms. The predicted octanol–water partition coefficient (Wildman–Crippen LogP) is 11.9. The van der Waals surface area contributed by atoms with Crippen molar-refractivity contribution in [3.05, 3.63) is 237 Å². The zero-order valence-electron chi connectivity index (χ0n) is 34.4. The van der Waals surface area contributed by atoms with Gasteiger partial charge in [-0.2, -0.15) is 0 Å². The van der Waals surface area contributed by atoms with Gasteiger partial charge in [0.1, 0.15) is 0 Å². The molecule has 294 valence electrons. The summed E-state index contributed by atoms with van der Waals surface area (Å²) in [7, 11) is -2.99. The first-order valence-electron chi connectivity index (χ1n) is 21.5. The van der Waals surface area contributed by atoms with E-state index in [2.05, 4.69) is 212 Å². The molecule has 0 radical (unpaired) electrons. The summed E-state index contributed by atoms with van der Waals surface area (Å²) < 4.78 is 0. The highest BCUT2D eigenvalue weighted by Gasteiger charge is 2.50. The third-order valence-corrected chi connectivity index (χ3v) is 17.8. The minimum atomic E-state index is -2.99. The first-order valence-corrected chi connectivity index (χ1v) is 23.5. The van der Waals surface area contributed by atoms with Crippen LogP contribution >= 0.6 is 0 Å². The van der Waals surface area contributed by atoms with E-state index in [1.165, 1.54) is 59.0 Å². The maximum atomic E-state index is 5.27. The van der Waals surface area contributed by atoms with E-state index in [9.17, 15) is 0 Å². The van der Waals surface area contributed by atoms with Crippen LogP contribution in [0.2, 0.25) is 0 Å². The lowest BCUT2D eigenvalue weighted by Gasteiger charge is -2.33. The maximum absolute atomic E-state index is 5.27. The summed E-state index contributed by atoms with van der Waals surface area (Å²) in [5.41, 5.74) is 9.96. The van der Waals surface area contributed by atoms with E-state index in [4.69, 9.17) is 15.0 Å². The fourth-order valence-electron chi connectivity index (χ4n) is 9.99. The Morgan fingerprint density at radius 2 is 0.651 bits per heavy atom. The first-order chi connectivity index (χ1) is 31.2. The molecule has 11 aromatic rings. The van der Waals surface area contributed by atoms with Gasteiger partial charge in [-0.15, -0.1) is 0 Å². The predicted molar refractivity (Wildman–Crippen MR) is 265 cm³/mol. The number of rotatable bonds is 7. The molecule has 0 N–H and O–H groups in total. The first kappa shape index (κ1) is 36.8. The lowest BCUT2D eigenvalue weighted by atomic mass is 9.96. The quantitative estimate of drug-likeness (QED) is 0.150. The molecule has 3 nitrogen and oxygen atoms in total. The van der Waals surface area contributed by atoms with Crippen LogP contribution in [0.5, 0.6) is 0 Å². The zero-order chi connectivity index (χ0) is 41.7. The number of hydrogen-bond acceptors (Lipinski definition) is 3. The van der Waals surface area contributed by atoms with Crippen LogP contribution in [0.1, 0.15) is 0 Å². The van der Waals surface area contributed by atoms with Gasteiger partial charge in [0.2, 0.25) is 0 Å². The molecule has 0 atom stereocenters. The monoisotopic (exact) mass is 817 g/mol. The van der Waals surface area contributed by atoms with Crippen molar-refractivity contribution in [2.45, 2.75) is 0 Å². The summed E-state index contributed by atoms with van der Waals surface area (Å²) in [5.74, 6) is 1.91. The van der Waals surface area contributed by atoms with E-state index in [-0.39, 0.29) is 0 Å². The van der Waals surface area contributed by atoms with Crippen LogP contribution in [0.4, 0.5) is 0 Å². The van der Waals surface area contributed by atoms with E-state index >= 15 is 0 Å². The Hall–Kier alpha value is -8.05. The number of nitrogens with zero attached hydrogens (tertiary/aromatic N) is 3. The molecular weight excluding hydrogens is 779 g/mol. The van der Waals surface area contributed by atoms with Crippen molar-refractivity contribution in [2.75, 3.05) is 0 Å². The molecule has 1 aliphatic heterocycles. The van der Waals surface area contributed by atoms with Crippen molar-refractivity contribution < 1.29 is 0 Å². The molecule has 4 heteroatoms. The zero-order valence-corrected chi connectivity index (χ0v) is 35.4. The van der Waals surface area contributed by atoms with Crippen LogP contribution in [-0.2, 0) is 0 Å². The molecule has 0 bridgehead atoms. The van der Waals surface area contributed by atoms with E-state index in [0.29, 0.717) is 17.5 Å². The van der Waals surface area contributed by atoms with E-state index in [1.807, 2.05) is 24.3 Å². The smallest absolute Gasteiger partial charge is 0.182 e. The molecule has 0 amide bonds. The van der Waals surface area contributed by atoms with Gasteiger partial charge in [-0.05, 0) is 75.7 Å². The molecule has 1 aromatic heterocycles. The second kappa shape index (κ2) is 15.1. The van der Waals surface area contributed by atoms with Crippen LogP contribution in [0.25, 0.3) is 89.1 Å². The van der Waals surface area contributed by atoms with Crippen molar-refractivity contribution >= 4 is 50.4 Å². The number of benzene rings is 10. The molecule has 2 heterocycles. The normalized spacial score (nSPS) is 12.6. The molecular formula is C59H39N3Si. The van der Waals surface area contributed by atoms with Crippen molar-refractivity contribution in [3.63, 3.8) is 0 Å². The lowest BCUT2D eigenvalue weighted by molar-refractivity contribution is 1.07. The Bertz CT molecular complexity index is 3420. The topological polar surface area (TPSA) is 38.7 Å². The standard InChI is InChI=1S/C59H39N3Si/c1-3-17-40(18-4-1)41-33-35-45(36-34-41)58-60-57(44-21-5-2-6-22-44)61-59(62-58)52-29-12-11-25-47(52)46-37-38-51-50-28-13-14-30-55(50)63(56(51)39-46,53-31-15-23-42-19-7-9-26-48(42)53)54-32-16-24-43-20-8-10-27-49(43)54/h1-39H. The average Bonchev–Trinajstić information content (AvgIpc) is 3.66. The van der Waals surface area contributed by atoms with Gasteiger partial charge in [-0.1, -0.05) is 237 Å². The SMILES string of the molecule is c1ccc(-c2ccc(-c3nc(-c4ccccc4)nc(-c4ccccc4-c4ccc5c(c4)[Si](c4cccc6ccccc46)(c4cccc6ccccc46)c4ccccc4-5)n3)cc2)cc1. The third kappa shape index (κ3) is 6.06. The second-order valence-corrected chi connectivity index (χ2v) is 19.9. The molecule has 1 aliphatic rings. The van der Waals surface area contributed by atoms with E-state index in [0.717, 1.165) is 33.4 Å². The molecule has 12 rings (SSSR count). The summed E-state index contributed by atoms with van der Waals surface area (Å²) in [6.45, 7) is 0. The van der Waals surface area contributed by atoms with Crippen molar-refractivity contribution in [2.24, 2.45) is 0 Å². The summed E-state index contributed by atoms with van der Waals surface area (Å²) in [6, 6.07) is 85.8. The molecule has 0 saturated carbocycles. The Labute approximate surface area is 367 Å². The molecule has 0 aliphatic carbocycles. The average molecular weight is 818 g/mol. The fraction of sp³-hybridized carbons (Fsp3) is 0. The van der Waals surface area contributed by atoms with Gasteiger partial charge in [0.25, 0.3) is 0 Å². The molecule has 0 saturated heterocycles. The summed E-state index contributed by atoms with van der Waals surface area (Å²) >= 11 is 0. The van der Waals surface area contributed by atoms with Gasteiger partial charge in [-0.3, -0.25) is 0 Å². The van der Waals surface area contributed by atoms with Crippen LogP contribution in [-0.4, -0.2) is 23.0 Å². The van der Waals surface area contributed by atoms with Gasteiger partial charge < -0.3 is 0 Å². The number of hydrogen-bond donors (Lipinski definition) is 0. The highest BCUT2D eigenvalue weighted by Crippen LogP contribution is 2.37. The summed E-state index contributed by atoms with van der Waals surface area (Å²) in [5, 5.41) is 10.7. The Kier molecular flexibility index (Phi) is 8.84.